The van der Waals surface area contributed by atoms with E-state index in [0.717, 1.165) is 31.5 Å². The van der Waals surface area contributed by atoms with Crippen LogP contribution in [-0.4, -0.2) is 40.9 Å². The number of amides is 1. The van der Waals surface area contributed by atoms with E-state index in [-0.39, 0.29) is 5.91 Å². The molecule has 3 unspecified atom stereocenters. The normalized spacial score (nSPS) is 27.4. The van der Waals surface area contributed by atoms with Crippen LogP contribution < -0.4 is 0 Å². The van der Waals surface area contributed by atoms with Crippen molar-refractivity contribution in [3.05, 3.63) is 58.2 Å². The third-order valence-electron chi connectivity index (χ3n) is 6.46. The van der Waals surface area contributed by atoms with Crippen LogP contribution in [-0.2, 0) is 11.2 Å². The average molecular weight is 419 g/mol. The molecule has 3 atom stereocenters. The van der Waals surface area contributed by atoms with Crippen molar-refractivity contribution < 1.29 is 4.79 Å². The number of piperidine rings is 1. The summed E-state index contributed by atoms with van der Waals surface area (Å²) in [7, 11) is 0. The molecule has 150 valence electrons. The Morgan fingerprint density at radius 2 is 1.86 bits per heavy atom. The maximum Gasteiger partial charge on any atom is 0.227 e. The molecule has 2 fully saturated rings. The van der Waals surface area contributed by atoms with Crippen LogP contribution in [0.2, 0.25) is 10.0 Å². The lowest BCUT2D eigenvalue weighted by molar-refractivity contribution is -0.137. The highest BCUT2D eigenvalue weighted by Gasteiger charge is 2.41. The Morgan fingerprint density at radius 1 is 1.04 bits per heavy atom. The van der Waals surface area contributed by atoms with E-state index >= 15 is 0 Å². The van der Waals surface area contributed by atoms with E-state index in [4.69, 9.17) is 23.2 Å². The highest BCUT2D eigenvalue weighted by Crippen LogP contribution is 2.37. The summed E-state index contributed by atoms with van der Waals surface area (Å²) in [6, 6.07) is 6.24. The molecule has 2 heterocycles. The van der Waals surface area contributed by atoms with E-state index in [9.17, 15) is 4.79 Å². The van der Waals surface area contributed by atoms with Crippen molar-refractivity contribution >= 4 is 29.1 Å². The molecule has 2 aliphatic heterocycles. The van der Waals surface area contributed by atoms with Gasteiger partial charge in [0.1, 0.15) is 0 Å². The number of allylic oxidation sites excluding steroid dienone is 2. The summed E-state index contributed by atoms with van der Waals surface area (Å²) in [5.74, 6) is 0.829. The van der Waals surface area contributed by atoms with Gasteiger partial charge in [-0.3, -0.25) is 4.79 Å². The van der Waals surface area contributed by atoms with Crippen molar-refractivity contribution in [1.29, 1.82) is 0 Å². The summed E-state index contributed by atoms with van der Waals surface area (Å²) in [5, 5.41) is 1.05. The number of benzene rings is 1. The number of likely N-dealkylation sites (tertiary alicyclic amines) is 1. The molecule has 4 rings (SSSR count). The van der Waals surface area contributed by atoms with Crippen molar-refractivity contribution in [2.24, 2.45) is 5.92 Å². The smallest absolute Gasteiger partial charge is 0.227 e. The molecule has 5 heteroatoms. The Labute approximate surface area is 178 Å². The lowest BCUT2D eigenvalue weighted by Crippen LogP contribution is -2.58. The molecule has 1 amide bonds. The van der Waals surface area contributed by atoms with Gasteiger partial charge in [0.15, 0.2) is 0 Å². The maximum absolute atomic E-state index is 13.4. The van der Waals surface area contributed by atoms with Gasteiger partial charge in [-0.1, -0.05) is 54.3 Å². The standard InChI is InChI=1S/C23H28Cl2N2O/c24-19-11-10-17(15-20(19)25)16-22(28)27-14-6-8-18-7-2-3-9-21(23(18)27)26-12-4-1-5-13-26/h1,4-5,10-12,15,18,21,23H,2-3,6-9,13-14,16H2. The fraction of sp³-hybridized carbons (Fsp3) is 0.522. The zero-order valence-corrected chi connectivity index (χ0v) is 17.7. The van der Waals surface area contributed by atoms with Gasteiger partial charge in [-0.25, -0.2) is 0 Å². The summed E-state index contributed by atoms with van der Waals surface area (Å²) in [4.78, 5) is 18.0. The Morgan fingerprint density at radius 3 is 2.64 bits per heavy atom. The van der Waals surface area contributed by atoms with Gasteiger partial charge in [0.2, 0.25) is 5.91 Å². The van der Waals surface area contributed by atoms with Crippen molar-refractivity contribution in [3.8, 4) is 0 Å². The number of halogens is 2. The molecule has 3 nitrogen and oxygen atoms in total. The summed E-state index contributed by atoms with van der Waals surface area (Å²) in [6.07, 6.45) is 16.3. The number of hydrogen-bond donors (Lipinski definition) is 0. The van der Waals surface area contributed by atoms with Crippen molar-refractivity contribution in [1.82, 2.24) is 9.80 Å². The first-order valence-corrected chi connectivity index (χ1v) is 11.2. The molecule has 28 heavy (non-hydrogen) atoms. The number of carbonyl (C=O) groups is 1. The lowest BCUT2D eigenvalue weighted by atomic mass is 9.82. The number of fused-ring (bicyclic) bond motifs is 1. The highest BCUT2D eigenvalue weighted by atomic mass is 35.5. The summed E-state index contributed by atoms with van der Waals surface area (Å²) in [6.45, 7) is 1.81. The van der Waals surface area contributed by atoms with Crippen LogP contribution in [0.4, 0.5) is 0 Å². The Kier molecular flexibility index (Phi) is 6.32. The quantitative estimate of drug-likeness (QED) is 0.649. The second-order valence-corrected chi connectivity index (χ2v) is 9.04. The van der Waals surface area contributed by atoms with Crippen LogP contribution >= 0.6 is 23.2 Å². The van der Waals surface area contributed by atoms with E-state index < -0.39 is 0 Å². The molecule has 1 aromatic carbocycles. The first-order chi connectivity index (χ1) is 13.6. The SMILES string of the molecule is O=C(Cc1ccc(Cl)c(Cl)c1)N1CCCC2CCCCC(N3C=CC=CC3)C21. The Bertz CT molecular complexity index is 776. The van der Waals surface area contributed by atoms with Crippen LogP contribution in [0.5, 0.6) is 0 Å². The molecule has 1 aromatic rings. The van der Waals surface area contributed by atoms with E-state index in [0.29, 0.717) is 34.5 Å². The van der Waals surface area contributed by atoms with Gasteiger partial charge in [-0.2, -0.15) is 0 Å². The van der Waals surface area contributed by atoms with E-state index in [1.807, 2.05) is 12.1 Å². The van der Waals surface area contributed by atoms with E-state index in [1.165, 1.54) is 25.7 Å². The third-order valence-corrected chi connectivity index (χ3v) is 7.20. The van der Waals surface area contributed by atoms with Gasteiger partial charge >= 0.3 is 0 Å². The van der Waals surface area contributed by atoms with Crippen LogP contribution in [0, 0.1) is 5.92 Å². The van der Waals surface area contributed by atoms with Gasteiger partial charge in [-0.15, -0.1) is 0 Å². The van der Waals surface area contributed by atoms with Crippen LogP contribution in [0.15, 0.2) is 42.6 Å². The Hall–Kier alpha value is -1.45. The van der Waals surface area contributed by atoms with Crippen molar-refractivity contribution in [3.63, 3.8) is 0 Å². The zero-order chi connectivity index (χ0) is 19.5. The van der Waals surface area contributed by atoms with Crippen molar-refractivity contribution in [2.45, 2.75) is 57.0 Å². The van der Waals surface area contributed by atoms with Gasteiger partial charge in [0, 0.05) is 19.1 Å². The summed E-state index contributed by atoms with van der Waals surface area (Å²) < 4.78 is 0. The average Bonchev–Trinajstić information content (AvgIpc) is 2.94. The summed E-state index contributed by atoms with van der Waals surface area (Å²) >= 11 is 12.2. The van der Waals surface area contributed by atoms with Gasteiger partial charge in [0.05, 0.1) is 22.5 Å². The third kappa shape index (κ3) is 4.26. The first-order valence-electron chi connectivity index (χ1n) is 10.5. The minimum absolute atomic E-state index is 0.219. The molecule has 1 saturated carbocycles. The van der Waals surface area contributed by atoms with Crippen LogP contribution in [0.25, 0.3) is 0 Å². The molecule has 1 saturated heterocycles. The Balaban J connectivity index is 1.56. The van der Waals surface area contributed by atoms with Gasteiger partial charge in [-0.05, 0) is 61.6 Å². The zero-order valence-electron chi connectivity index (χ0n) is 16.2. The second-order valence-electron chi connectivity index (χ2n) is 8.22. The number of hydrogen-bond acceptors (Lipinski definition) is 2. The maximum atomic E-state index is 13.4. The molecular weight excluding hydrogens is 391 g/mol. The number of nitrogens with zero attached hydrogens (tertiary/aromatic N) is 2. The minimum Gasteiger partial charge on any atom is -0.369 e. The largest absolute Gasteiger partial charge is 0.369 e. The predicted molar refractivity (Wildman–Crippen MR) is 116 cm³/mol. The molecule has 0 radical (unpaired) electrons. The topological polar surface area (TPSA) is 23.6 Å². The molecule has 0 aromatic heterocycles. The van der Waals surface area contributed by atoms with Crippen molar-refractivity contribution in [2.75, 3.05) is 13.1 Å². The monoisotopic (exact) mass is 418 g/mol. The van der Waals surface area contributed by atoms with Gasteiger partial charge < -0.3 is 9.80 Å². The predicted octanol–water partition coefficient (Wildman–Crippen LogP) is 5.47. The van der Waals surface area contributed by atoms with Crippen LogP contribution in [0.3, 0.4) is 0 Å². The number of carbonyl (C=O) groups excluding carboxylic acids is 1. The molecule has 0 spiro atoms. The fourth-order valence-corrected chi connectivity index (χ4v) is 5.49. The highest BCUT2D eigenvalue weighted by molar-refractivity contribution is 6.42. The van der Waals surface area contributed by atoms with Crippen LogP contribution in [0.1, 0.15) is 44.1 Å². The molecule has 0 N–H and O–H groups in total. The fourth-order valence-electron chi connectivity index (χ4n) is 5.17. The van der Waals surface area contributed by atoms with E-state index in [2.05, 4.69) is 34.2 Å². The second kappa shape index (κ2) is 8.92. The summed E-state index contributed by atoms with van der Waals surface area (Å²) in [5.41, 5.74) is 0.937. The molecule has 3 aliphatic rings. The minimum atomic E-state index is 0.219. The molecule has 0 bridgehead atoms. The lowest BCUT2D eigenvalue weighted by Gasteiger charge is -2.48. The number of rotatable bonds is 3. The van der Waals surface area contributed by atoms with E-state index in [1.54, 1.807) is 6.07 Å². The first kappa shape index (κ1) is 19.8. The molecule has 1 aliphatic carbocycles. The van der Waals surface area contributed by atoms with Gasteiger partial charge in [0.25, 0.3) is 0 Å². The molecular formula is C23H28Cl2N2O.